The number of furan rings is 1. The Morgan fingerprint density at radius 1 is 1.75 bits per heavy atom. The predicted molar refractivity (Wildman–Crippen MR) is 49.8 cm³/mol. The zero-order valence-electron chi connectivity index (χ0n) is 7.42. The Morgan fingerprint density at radius 2 is 2.50 bits per heavy atom. The molecule has 0 aliphatic heterocycles. The zero-order valence-corrected chi connectivity index (χ0v) is 7.42. The van der Waals surface area contributed by atoms with Crippen molar-refractivity contribution < 1.29 is 4.42 Å². The van der Waals surface area contributed by atoms with Crippen molar-refractivity contribution in [3.05, 3.63) is 36.3 Å². The van der Waals surface area contributed by atoms with Crippen LogP contribution in [0.25, 0.3) is 0 Å². The van der Waals surface area contributed by atoms with Gasteiger partial charge in [0.2, 0.25) is 0 Å². The Kier molecular flexibility index (Phi) is 3.11. The first-order valence-electron chi connectivity index (χ1n) is 4.22. The molecule has 12 heavy (non-hydrogen) atoms. The van der Waals surface area contributed by atoms with E-state index >= 15 is 0 Å². The van der Waals surface area contributed by atoms with E-state index in [1.165, 1.54) is 0 Å². The molecule has 0 radical (unpaired) electrons. The third-order valence-electron chi connectivity index (χ3n) is 1.92. The molecule has 2 N–H and O–H groups in total. The molecule has 1 aromatic rings. The number of nitrogens with two attached hydrogens (primary N) is 1. The lowest BCUT2D eigenvalue weighted by molar-refractivity contribution is 0.506. The van der Waals surface area contributed by atoms with Gasteiger partial charge in [-0.15, -0.1) is 6.58 Å². The second-order valence-corrected chi connectivity index (χ2v) is 2.78. The van der Waals surface area contributed by atoms with Gasteiger partial charge in [-0.25, -0.2) is 0 Å². The minimum atomic E-state index is 0.0381. The number of hydrogen-bond acceptors (Lipinski definition) is 2. The molecule has 1 heterocycles. The van der Waals surface area contributed by atoms with Crippen molar-refractivity contribution in [2.45, 2.75) is 25.8 Å². The molecule has 1 aromatic heterocycles. The second kappa shape index (κ2) is 4.12. The van der Waals surface area contributed by atoms with Gasteiger partial charge in [-0.3, -0.25) is 0 Å². The Balaban J connectivity index is 2.78. The lowest BCUT2D eigenvalue weighted by atomic mass is 10.0. The van der Waals surface area contributed by atoms with E-state index in [2.05, 4.69) is 13.5 Å². The van der Waals surface area contributed by atoms with E-state index in [0.29, 0.717) is 0 Å². The monoisotopic (exact) mass is 165 g/mol. The van der Waals surface area contributed by atoms with Crippen molar-refractivity contribution in [2.75, 3.05) is 0 Å². The predicted octanol–water partition coefficient (Wildman–Crippen LogP) is 2.42. The van der Waals surface area contributed by atoms with Crippen LogP contribution in [0.15, 0.2) is 29.4 Å². The molecular weight excluding hydrogens is 150 g/mol. The summed E-state index contributed by atoms with van der Waals surface area (Å²) < 4.78 is 5.27. The van der Waals surface area contributed by atoms with Crippen LogP contribution in [0.4, 0.5) is 0 Å². The third-order valence-corrected chi connectivity index (χ3v) is 1.92. The van der Waals surface area contributed by atoms with Gasteiger partial charge >= 0.3 is 0 Å². The molecule has 1 unspecified atom stereocenters. The fourth-order valence-electron chi connectivity index (χ4n) is 1.27. The third kappa shape index (κ3) is 1.77. The average Bonchev–Trinajstić information content (AvgIpc) is 2.51. The lowest BCUT2D eigenvalue weighted by Crippen LogP contribution is -2.09. The summed E-state index contributed by atoms with van der Waals surface area (Å²) in [6.07, 6.45) is 5.22. The Bertz CT molecular complexity index is 252. The molecular formula is C10H15NO. The van der Waals surface area contributed by atoms with Crippen molar-refractivity contribution >= 4 is 0 Å². The summed E-state index contributed by atoms with van der Waals surface area (Å²) in [7, 11) is 0. The minimum Gasteiger partial charge on any atom is -0.469 e. The molecule has 1 rings (SSSR count). The van der Waals surface area contributed by atoms with Crippen LogP contribution >= 0.6 is 0 Å². The van der Waals surface area contributed by atoms with Gasteiger partial charge in [-0.05, 0) is 12.5 Å². The van der Waals surface area contributed by atoms with E-state index in [-0.39, 0.29) is 6.04 Å². The highest BCUT2D eigenvalue weighted by molar-refractivity contribution is 5.21. The van der Waals surface area contributed by atoms with Crippen LogP contribution in [0.5, 0.6) is 0 Å². The molecule has 0 saturated heterocycles. The maximum atomic E-state index is 5.90. The molecule has 0 aliphatic carbocycles. The highest BCUT2D eigenvalue weighted by Gasteiger charge is 2.10. The lowest BCUT2D eigenvalue weighted by Gasteiger charge is -2.07. The molecule has 0 aliphatic rings. The first kappa shape index (κ1) is 9.07. The molecule has 0 bridgehead atoms. The van der Waals surface area contributed by atoms with E-state index in [0.717, 1.165) is 24.2 Å². The fourth-order valence-corrected chi connectivity index (χ4v) is 1.27. The van der Waals surface area contributed by atoms with Gasteiger partial charge in [-0.1, -0.05) is 13.0 Å². The van der Waals surface area contributed by atoms with E-state index in [1.54, 1.807) is 6.26 Å². The standard InChI is InChI=1S/C10H15NO/c1-3-5-9(11)8-6-7-12-10(8)4-2/h3,6-7,9H,1,4-5,11H2,2H3. The van der Waals surface area contributed by atoms with Crippen molar-refractivity contribution in [3.63, 3.8) is 0 Å². The Morgan fingerprint density at radius 3 is 3.08 bits per heavy atom. The molecule has 0 aromatic carbocycles. The molecule has 0 saturated carbocycles. The van der Waals surface area contributed by atoms with Gasteiger partial charge in [0.05, 0.1) is 6.26 Å². The van der Waals surface area contributed by atoms with Gasteiger partial charge < -0.3 is 10.2 Å². The normalized spacial score (nSPS) is 12.8. The molecule has 0 amide bonds. The fraction of sp³-hybridized carbons (Fsp3) is 0.400. The number of aryl methyl sites for hydroxylation is 1. The number of rotatable bonds is 4. The summed E-state index contributed by atoms with van der Waals surface area (Å²) in [5.74, 6) is 0.990. The summed E-state index contributed by atoms with van der Waals surface area (Å²) in [6.45, 7) is 5.71. The largest absolute Gasteiger partial charge is 0.469 e. The van der Waals surface area contributed by atoms with Gasteiger partial charge in [-0.2, -0.15) is 0 Å². The highest BCUT2D eigenvalue weighted by atomic mass is 16.3. The maximum absolute atomic E-state index is 5.90. The first-order valence-corrected chi connectivity index (χ1v) is 4.22. The maximum Gasteiger partial charge on any atom is 0.108 e. The number of hydrogen-bond donors (Lipinski definition) is 1. The Hall–Kier alpha value is -1.02. The van der Waals surface area contributed by atoms with Crippen molar-refractivity contribution in [2.24, 2.45) is 5.73 Å². The van der Waals surface area contributed by atoms with Gasteiger partial charge in [0.25, 0.3) is 0 Å². The van der Waals surface area contributed by atoms with Crippen LogP contribution in [0.3, 0.4) is 0 Å². The Labute approximate surface area is 73.1 Å². The first-order chi connectivity index (χ1) is 5.79. The molecule has 2 heteroatoms. The minimum absolute atomic E-state index is 0.0381. The average molecular weight is 165 g/mol. The molecule has 0 fully saturated rings. The van der Waals surface area contributed by atoms with E-state index < -0.39 is 0 Å². The van der Waals surface area contributed by atoms with E-state index in [4.69, 9.17) is 10.2 Å². The SMILES string of the molecule is C=CCC(N)c1ccoc1CC. The van der Waals surface area contributed by atoms with E-state index in [1.807, 2.05) is 12.1 Å². The molecule has 0 spiro atoms. The highest BCUT2D eigenvalue weighted by Crippen LogP contribution is 2.20. The van der Waals surface area contributed by atoms with Crippen molar-refractivity contribution in [1.82, 2.24) is 0 Å². The van der Waals surface area contributed by atoms with Crippen molar-refractivity contribution in [1.29, 1.82) is 0 Å². The summed E-state index contributed by atoms with van der Waals surface area (Å²) in [6, 6.07) is 1.98. The smallest absolute Gasteiger partial charge is 0.108 e. The quantitative estimate of drug-likeness (QED) is 0.696. The second-order valence-electron chi connectivity index (χ2n) is 2.78. The van der Waals surface area contributed by atoms with Crippen LogP contribution < -0.4 is 5.73 Å². The van der Waals surface area contributed by atoms with Crippen LogP contribution in [-0.2, 0) is 6.42 Å². The summed E-state index contributed by atoms with van der Waals surface area (Å²) in [5.41, 5.74) is 7.00. The van der Waals surface area contributed by atoms with Gasteiger partial charge in [0.15, 0.2) is 0 Å². The van der Waals surface area contributed by atoms with Crippen molar-refractivity contribution in [3.8, 4) is 0 Å². The van der Waals surface area contributed by atoms with Crippen LogP contribution in [0.2, 0.25) is 0 Å². The molecule has 2 nitrogen and oxygen atoms in total. The molecule has 66 valence electrons. The van der Waals surface area contributed by atoms with Crippen LogP contribution in [-0.4, -0.2) is 0 Å². The van der Waals surface area contributed by atoms with E-state index in [9.17, 15) is 0 Å². The zero-order chi connectivity index (χ0) is 8.97. The molecule has 1 atom stereocenters. The summed E-state index contributed by atoms with van der Waals surface area (Å²) in [4.78, 5) is 0. The summed E-state index contributed by atoms with van der Waals surface area (Å²) >= 11 is 0. The van der Waals surface area contributed by atoms with Crippen LogP contribution in [0.1, 0.15) is 30.7 Å². The summed E-state index contributed by atoms with van der Waals surface area (Å²) in [5, 5.41) is 0. The van der Waals surface area contributed by atoms with Gasteiger partial charge in [0.1, 0.15) is 5.76 Å². The topological polar surface area (TPSA) is 39.2 Å². The van der Waals surface area contributed by atoms with Crippen LogP contribution in [0, 0.1) is 0 Å². The van der Waals surface area contributed by atoms with Gasteiger partial charge in [0, 0.05) is 18.0 Å².